The molecule has 4 rings (SSSR count). The SMILES string of the molecule is CO[C@H]1CC(C)(C)Cc2nc(C(C)C)c([C@@H](F)c3ccc(C(F)(F)F)cc3)c(C3CCCCC3)c21. The first kappa shape index (κ1) is 26.1. The van der Waals surface area contributed by atoms with Crippen LogP contribution >= 0.6 is 0 Å². The molecule has 0 amide bonds. The molecule has 0 aliphatic heterocycles. The van der Waals surface area contributed by atoms with Gasteiger partial charge in [0.05, 0.1) is 11.7 Å². The molecule has 0 saturated heterocycles. The number of benzene rings is 1. The van der Waals surface area contributed by atoms with Crippen molar-refractivity contribution in [2.75, 3.05) is 7.11 Å². The van der Waals surface area contributed by atoms with E-state index < -0.39 is 17.9 Å². The summed E-state index contributed by atoms with van der Waals surface area (Å²) >= 11 is 0. The number of hydrogen-bond acceptors (Lipinski definition) is 2. The maximum absolute atomic E-state index is 16.5. The van der Waals surface area contributed by atoms with Crippen LogP contribution in [0.15, 0.2) is 24.3 Å². The average molecular weight is 492 g/mol. The van der Waals surface area contributed by atoms with Crippen LogP contribution in [0, 0.1) is 5.41 Å². The van der Waals surface area contributed by atoms with Gasteiger partial charge in [-0.2, -0.15) is 13.2 Å². The van der Waals surface area contributed by atoms with Crippen LogP contribution in [0.1, 0.15) is 130 Å². The quantitative estimate of drug-likeness (QED) is 0.389. The molecule has 1 aromatic carbocycles. The Morgan fingerprint density at radius 2 is 1.63 bits per heavy atom. The van der Waals surface area contributed by atoms with E-state index in [9.17, 15) is 13.2 Å². The zero-order valence-corrected chi connectivity index (χ0v) is 21.4. The molecule has 0 spiro atoms. The third-order valence-electron chi connectivity index (χ3n) is 7.76. The van der Waals surface area contributed by atoms with E-state index in [1.807, 2.05) is 13.8 Å². The van der Waals surface area contributed by atoms with Gasteiger partial charge in [0, 0.05) is 29.6 Å². The molecule has 0 radical (unpaired) electrons. The fraction of sp³-hybridized carbons (Fsp3) is 0.621. The number of alkyl halides is 4. The number of hydrogen-bond donors (Lipinski definition) is 0. The molecule has 2 aliphatic rings. The van der Waals surface area contributed by atoms with Crippen LogP contribution in [0.3, 0.4) is 0 Å². The molecule has 192 valence electrons. The highest BCUT2D eigenvalue weighted by Crippen LogP contribution is 2.51. The normalized spacial score (nSPS) is 21.7. The predicted octanol–water partition coefficient (Wildman–Crippen LogP) is 8.99. The molecule has 2 aromatic rings. The topological polar surface area (TPSA) is 22.1 Å². The number of nitrogens with zero attached hydrogens (tertiary/aromatic N) is 1. The van der Waals surface area contributed by atoms with Crippen LogP contribution in [0.4, 0.5) is 17.6 Å². The van der Waals surface area contributed by atoms with Crippen molar-refractivity contribution in [1.29, 1.82) is 0 Å². The number of ether oxygens (including phenoxy) is 1. The Bertz CT molecular complexity index is 1040. The van der Waals surface area contributed by atoms with Crippen molar-refractivity contribution in [3.63, 3.8) is 0 Å². The van der Waals surface area contributed by atoms with Gasteiger partial charge in [0.2, 0.25) is 0 Å². The summed E-state index contributed by atoms with van der Waals surface area (Å²) in [4.78, 5) is 5.07. The highest BCUT2D eigenvalue weighted by atomic mass is 19.4. The molecule has 0 unspecified atom stereocenters. The first-order valence-electron chi connectivity index (χ1n) is 12.8. The van der Waals surface area contributed by atoms with Gasteiger partial charge in [0.25, 0.3) is 0 Å². The Balaban J connectivity index is 1.94. The second-order valence-electron chi connectivity index (χ2n) is 11.4. The molecule has 6 heteroatoms. The Labute approximate surface area is 206 Å². The van der Waals surface area contributed by atoms with Gasteiger partial charge in [-0.05, 0) is 66.2 Å². The van der Waals surface area contributed by atoms with Gasteiger partial charge in [-0.3, -0.25) is 4.98 Å². The highest BCUT2D eigenvalue weighted by molar-refractivity contribution is 5.50. The van der Waals surface area contributed by atoms with Gasteiger partial charge >= 0.3 is 6.18 Å². The summed E-state index contributed by atoms with van der Waals surface area (Å²) in [6, 6.07) is 4.50. The third-order valence-corrected chi connectivity index (χ3v) is 7.76. The second-order valence-corrected chi connectivity index (χ2v) is 11.4. The monoisotopic (exact) mass is 491 g/mol. The van der Waals surface area contributed by atoms with Crippen LogP contribution in [0.25, 0.3) is 0 Å². The summed E-state index contributed by atoms with van der Waals surface area (Å²) in [5.74, 6) is 0.191. The van der Waals surface area contributed by atoms with Gasteiger partial charge < -0.3 is 4.74 Å². The lowest BCUT2D eigenvalue weighted by molar-refractivity contribution is -0.137. The van der Waals surface area contributed by atoms with E-state index in [-0.39, 0.29) is 28.9 Å². The van der Waals surface area contributed by atoms with Crippen molar-refractivity contribution in [2.24, 2.45) is 5.41 Å². The second kappa shape index (κ2) is 9.84. The van der Waals surface area contributed by atoms with Crippen molar-refractivity contribution in [1.82, 2.24) is 4.98 Å². The number of rotatable bonds is 5. The minimum Gasteiger partial charge on any atom is -0.377 e. The molecule has 1 heterocycles. The molecule has 0 bridgehead atoms. The van der Waals surface area contributed by atoms with Crippen LogP contribution in [-0.2, 0) is 17.3 Å². The summed E-state index contributed by atoms with van der Waals surface area (Å²) < 4.78 is 61.9. The number of halogens is 4. The van der Waals surface area contributed by atoms with Crippen LogP contribution in [-0.4, -0.2) is 12.1 Å². The van der Waals surface area contributed by atoms with E-state index in [4.69, 9.17) is 9.72 Å². The first-order valence-corrected chi connectivity index (χ1v) is 12.8. The lowest BCUT2D eigenvalue weighted by Crippen LogP contribution is -2.31. The molecule has 2 aliphatic carbocycles. The van der Waals surface area contributed by atoms with Crippen molar-refractivity contribution in [3.05, 3.63) is 63.5 Å². The predicted molar refractivity (Wildman–Crippen MR) is 130 cm³/mol. The molecule has 1 aromatic heterocycles. The van der Waals surface area contributed by atoms with Gasteiger partial charge in [0.1, 0.15) is 0 Å². The van der Waals surface area contributed by atoms with Crippen molar-refractivity contribution in [3.8, 4) is 0 Å². The largest absolute Gasteiger partial charge is 0.416 e. The Morgan fingerprint density at radius 1 is 1.00 bits per heavy atom. The summed E-state index contributed by atoms with van der Waals surface area (Å²) in [5.41, 5.74) is 3.83. The first-order chi connectivity index (χ1) is 16.4. The smallest absolute Gasteiger partial charge is 0.377 e. The molecule has 1 saturated carbocycles. The van der Waals surface area contributed by atoms with Crippen LogP contribution in [0.5, 0.6) is 0 Å². The summed E-state index contributed by atoms with van der Waals surface area (Å²) in [5, 5.41) is 0. The van der Waals surface area contributed by atoms with Crippen molar-refractivity contribution < 1.29 is 22.3 Å². The lowest BCUT2D eigenvalue weighted by atomic mass is 9.69. The fourth-order valence-corrected chi connectivity index (χ4v) is 6.07. The summed E-state index contributed by atoms with van der Waals surface area (Å²) in [6.07, 6.45) is 0.809. The Kier molecular flexibility index (Phi) is 7.34. The summed E-state index contributed by atoms with van der Waals surface area (Å²) in [6.45, 7) is 8.47. The molecule has 1 fully saturated rings. The summed E-state index contributed by atoms with van der Waals surface area (Å²) in [7, 11) is 1.71. The minimum atomic E-state index is -4.45. The van der Waals surface area contributed by atoms with E-state index >= 15 is 4.39 Å². The molecular formula is C29H37F4NO. The van der Waals surface area contributed by atoms with Crippen LogP contribution in [0.2, 0.25) is 0 Å². The highest BCUT2D eigenvalue weighted by Gasteiger charge is 2.40. The number of aromatic nitrogens is 1. The zero-order chi connectivity index (χ0) is 25.5. The lowest BCUT2D eigenvalue weighted by Gasteiger charge is -2.40. The third kappa shape index (κ3) is 5.28. The van der Waals surface area contributed by atoms with Gasteiger partial charge in [-0.1, -0.05) is 59.1 Å². The van der Waals surface area contributed by atoms with Gasteiger partial charge in [0.15, 0.2) is 6.17 Å². The van der Waals surface area contributed by atoms with E-state index in [0.717, 1.165) is 73.2 Å². The van der Waals surface area contributed by atoms with E-state index in [1.165, 1.54) is 18.6 Å². The van der Waals surface area contributed by atoms with Crippen LogP contribution < -0.4 is 0 Å². The molecule has 0 N–H and O–H groups in total. The molecule has 2 nitrogen and oxygen atoms in total. The standard InChI is InChI=1S/C29H37F4NO/c1-17(2)27-25(26(30)19-11-13-20(14-12-19)29(31,32)33)23(18-9-7-6-8-10-18)24-21(34-27)15-28(3,4)16-22(24)35-5/h11-14,17-18,22,26H,6-10,15-16H2,1-5H3/t22-,26-/m0/s1. The number of pyridine rings is 1. The fourth-order valence-electron chi connectivity index (χ4n) is 6.07. The maximum Gasteiger partial charge on any atom is 0.416 e. The van der Waals surface area contributed by atoms with Crippen molar-refractivity contribution >= 4 is 0 Å². The average Bonchev–Trinajstić information content (AvgIpc) is 2.81. The molecule has 35 heavy (non-hydrogen) atoms. The number of fused-ring (bicyclic) bond motifs is 1. The number of methoxy groups -OCH3 is 1. The molecular weight excluding hydrogens is 454 g/mol. The minimum absolute atomic E-state index is 0.0167. The van der Waals surface area contributed by atoms with Gasteiger partial charge in [-0.15, -0.1) is 0 Å². The van der Waals surface area contributed by atoms with E-state index in [2.05, 4.69) is 13.8 Å². The van der Waals surface area contributed by atoms with Crippen molar-refractivity contribution in [2.45, 2.75) is 103 Å². The van der Waals surface area contributed by atoms with E-state index in [0.29, 0.717) is 5.56 Å². The van der Waals surface area contributed by atoms with Gasteiger partial charge in [-0.25, -0.2) is 4.39 Å². The molecule has 2 atom stereocenters. The maximum atomic E-state index is 16.5. The Hall–Kier alpha value is -1.95. The zero-order valence-electron chi connectivity index (χ0n) is 21.4. The van der Waals surface area contributed by atoms with E-state index in [1.54, 1.807) is 7.11 Å². The Morgan fingerprint density at radius 3 is 2.17 bits per heavy atom.